The van der Waals surface area contributed by atoms with Gasteiger partial charge in [-0.3, -0.25) is 9.59 Å². The van der Waals surface area contributed by atoms with Crippen molar-refractivity contribution in [3.63, 3.8) is 0 Å². The molecule has 2 fully saturated rings. The molecule has 1 aromatic carbocycles. The number of methoxy groups -OCH3 is 2. The molecule has 1 atom stereocenters. The zero-order valence-corrected chi connectivity index (χ0v) is 17.9. The summed E-state index contributed by atoms with van der Waals surface area (Å²) in [6.45, 7) is 3.37. The minimum atomic E-state index is -0.225. The van der Waals surface area contributed by atoms with Gasteiger partial charge < -0.3 is 19.7 Å². The van der Waals surface area contributed by atoms with Gasteiger partial charge in [0, 0.05) is 25.6 Å². The fraction of sp³-hybridized carbons (Fsp3) is 0.652. The standard InChI is InChI=1S/C23H34N2O4/c1-4-16-5-8-19(9-6-16)24-23(27)18-14-22(26)25(15-18)12-11-17-7-10-20(28-2)21(13-17)29-3/h7,10,13,16,18-19H,4-6,8-9,11-12,14-15H2,1-3H3,(H,24,27). The van der Waals surface area contributed by atoms with Gasteiger partial charge in [0.05, 0.1) is 20.1 Å². The Bertz CT molecular complexity index is 713. The zero-order chi connectivity index (χ0) is 20.8. The van der Waals surface area contributed by atoms with Crippen LogP contribution in [0.15, 0.2) is 18.2 Å². The molecule has 1 saturated carbocycles. The third-order valence-corrected chi connectivity index (χ3v) is 6.47. The third-order valence-electron chi connectivity index (χ3n) is 6.47. The van der Waals surface area contributed by atoms with Crippen LogP contribution in [0, 0.1) is 11.8 Å². The van der Waals surface area contributed by atoms with E-state index in [1.54, 1.807) is 14.2 Å². The summed E-state index contributed by atoms with van der Waals surface area (Å²) in [6.07, 6.45) is 6.79. The highest BCUT2D eigenvalue weighted by Gasteiger charge is 2.35. The lowest BCUT2D eigenvalue weighted by molar-refractivity contribution is -0.129. The van der Waals surface area contributed by atoms with E-state index in [9.17, 15) is 9.59 Å². The Balaban J connectivity index is 1.48. The molecule has 1 unspecified atom stereocenters. The molecule has 0 bridgehead atoms. The minimum absolute atomic E-state index is 0.0481. The first kappa shape index (κ1) is 21.5. The van der Waals surface area contributed by atoms with Crippen LogP contribution in [0.5, 0.6) is 11.5 Å². The molecule has 2 amide bonds. The van der Waals surface area contributed by atoms with E-state index in [0.29, 0.717) is 31.0 Å². The number of hydrogen-bond donors (Lipinski definition) is 1. The third kappa shape index (κ3) is 5.43. The smallest absolute Gasteiger partial charge is 0.225 e. The minimum Gasteiger partial charge on any atom is -0.493 e. The van der Waals surface area contributed by atoms with E-state index in [0.717, 1.165) is 30.7 Å². The van der Waals surface area contributed by atoms with Crippen molar-refractivity contribution in [3.8, 4) is 11.5 Å². The summed E-state index contributed by atoms with van der Waals surface area (Å²) in [5.74, 6) is 2.08. The Kier molecular flexibility index (Phi) is 7.40. The second-order valence-electron chi connectivity index (χ2n) is 8.31. The molecule has 1 saturated heterocycles. The molecule has 160 valence electrons. The summed E-state index contributed by atoms with van der Waals surface area (Å²) in [6, 6.07) is 6.08. The van der Waals surface area contributed by atoms with Crippen LogP contribution < -0.4 is 14.8 Å². The summed E-state index contributed by atoms with van der Waals surface area (Å²) < 4.78 is 10.6. The highest BCUT2D eigenvalue weighted by molar-refractivity contribution is 5.89. The van der Waals surface area contributed by atoms with Gasteiger partial charge in [0.15, 0.2) is 11.5 Å². The number of hydrogen-bond acceptors (Lipinski definition) is 4. The Labute approximate surface area is 173 Å². The van der Waals surface area contributed by atoms with Crippen LogP contribution in [0.25, 0.3) is 0 Å². The maximum absolute atomic E-state index is 12.7. The van der Waals surface area contributed by atoms with E-state index >= 15 is 0 Å². The number of amides is 2. The Morgan fingerprint density at radius 2 is 1.86 bits per heavy atom. The first-order valence-electron chi connectivity index (χ1n) is 10.8. The van der Waals surface area contributed by atoms with Crippen LogP contribution in [0.4, 0.5) is 0 Å². The summed E-state index contributed by atoms with van der Waals surface area (Å²) >= 11 is 0. The highest BCUT2D eigenvalue weighted by atomic mass is 16.5. The van der Waals surface area contributed by atoms with Crippen molar-refractivity contribution in [1.29, 1.82) is 0 Å². The molecule has 3 rings (SSSR count). The molecule has 29 heavy (non-hydrogen) atoms. The van der Waals surface area contributed by atoms with Gasteiger partial charge in [-0.2, -0.15) is 0 Å². The van der Waals surface area contributed by atoms with E-state index < -0.39 is 0 Å². The number of carbonyl (C=O) groups excluding carboxylic acids is 2. The van der Waals surface area contributed by atoms with Gasteiger partial charge in [-0.25, -0.2) is 0 Å². The monoisotopic (exact) mass is 402 g/mol. The molecule has 0 radical (unpaired) electrons. The van der Waals surface area contributed by atoms with E-state index in [1.165, 1.54) is 19.3 Å². The molecule has 6 nitrogen and oxygen atoms in total. The van der Waals surface area contributed by atoms with Crippen molar-refractivity contribution in [3.05, 3.63) is 23.8 Å². The number of rotatable bonds is 8. The van der Waals surface area contributed by atoms with E-state index in [2.05, 4.69) is 12.2 Å². The molecular formula is C23H34N2O4. The second kappa shape index (κ2) is 9.99. The van der Waals surface area contributed by atoms with E-state index in [-0.39, 0.29) is 23.8 Å². The van der Waals surface area contributed by atoms with E-state index in [4.69, 9.17) is 9.47 Å². The number of ether oxygens (including phenoxy) is 2. The van der Waals surface area contributed by atoms with Gasteiger partial charge in [-0.1, -0.05) is 19.4 Å². The predicted octanol–water partition coefficient (Wildman–Crippen LogP) is 3.18. The van der Waals surface area contributed by atoms with Gasteiger partial charge in [0.1, 0.15) is 0 Å². The molecule has 6 heteroatoms. The van der Waals surface area contributed by atoms with Crippen LogP contribution in [-0.2, 0) is 16.0 Å². The van der Waals surface area contributed by atoms with Gasteiger partial charge in [-0.05, 0) is 55.7 Å². The zero-order valence-electron chi connectivity index (χ0n) is 17.9. The van der Waals surface area contributed by atoms with Crippen molar-refractivity contribution in [2.75, 3.05) is 27.3 Å². The molecule has 0 aromatic heterocycles. The maximum atomic E-state index is 12.7. The summed E-state index contributed by atoms with van der Waals surface area (Å²) in [5, 5.41) is 3.20. The fourth-order valence-electron chi connectivity index (χ4n) is 4.50. The first-order valence-corrected chi connectivity index (χ1v) is 10.8. The van der Waals surface area contributed by atoms with Crippen LogP contribution >= 0.6 is 0 Å². The van der Waals surface area contributed by atoms with Crippen LogP contribution in [-0.4, -0.2) is 50.1 Å². The topological polar surface area (TPSA) is 67.9 Å². The van der Waals surface area contributed by atoms with Crippen LogP contribution in [0.3, 0.4) is 0 Å². The molecule has 1 N–H and O–H groups in total. The maximum Gasteiger partial charge on any atom is 0.225 e. The van der Waals surface area contributed by atoms with Crippen LogP contribution in [0.1, 0.15) is 51.0 Å². The normalized spacial score (nSPS) is 24.4. The predicted molar refractivity (Wildman–Crippen MR) is 112 cm³/mol. The Hall–Kier alpha value is -2.24. The van der Waals surface area contributed by atoms with Crippen molar-refractivity contribution >= 4 is 11.8 Å². The van der Waals surface area contributed by atoms with E-state index in [1.807, 2.05) is 23.1 Å². The second-order valence-corrected chi connectivity index (χ2v) is 8.31. The summed E-state index contributed by atoms with van der Waals surface area (Å²) in [7, 11) is 3.23. The highest BCUT2D eigenvalue weighted by Crippen LogP contribution is 2.29. The molecule has 2 aliphatic rings. The number of nitrogens with zero attached hydrogens (tertiary/aromatic N) is 1. The molecule has 1 aliphatic carbocycles. The number of benzene rings is 1. The lowest BCUT2D eigenvalue weighted by atomic mass is 9.84. The quantitative estimate of drug-likeness (QED) is 0.725. The van der Waals surface area contributed by atoms with Crippen molar-refractivity contribution in [2.24, 2.45) is 11.8 Å². The fourth-order valence-corrected chi connectivity index (χ4v) is 4.50. The molecule has 1 heterocycles. The summed E-state index contributed by atoms with van der Waals surface area (Å²) in [5.41, 5.74) is 1.08. The molecule has 1 aliphatic heterocycles. The number of nitrogens with one attached hydrogen (secondary N) is 1. The van der Waals surface area contributed by atoms with Crippen molar-refractivity contribution in [1.82, 2.24) is 10.2 Å². The van der Waals surface area contributed by atoms with Crippen molar-refractivity contribution < 1.29 is 19.1 Å². The van der Waals surface area contributed by atoms with Gasteiger partial charge in [0.2, 0.25) is 11.8 Å². The molecular weight excluding hydrogens is 368 g/mol. The molecule has 0 spiro atoms. The molecule has 1 aromatic rings. The van der Waals surface area contributed by atoms with Gasteiger partial charge in [0.25, 0.3) is 0 Å². The Morgan fingerprint density at radius 3 is 2.52 bits per heavy atom. The SMILES string of the molecule is CCC1CCC(NC(=O)C2CC(=O)N(CCc3ccc(OC)c(OC)c3)C2)CC1. The van der Waals surface area contributed by atoms with Gasteiger partial charge in [-0.15, -0.1) is 0 Å². The average Bonchev–Trinajstić information content (AvgIpc) is 3.13. The summed E-state index contributed by atoms with van der Waals surface area (Å²) in [4.78, 5) is 26.9. The first-order chi connectivity index (χ1) is 14.0. The average molecular weight is 403 g/mol. The largest absolute Gasteiger partial charge is 0.493 e. The lowest BCUT2D eigenvalue weighted by Gasteiger charge is -2.29. The Morgan fingerprint density at radius 1 is 1.14 bits per heavy atom. The number of carbonyl (C=O) groups is 2. The van der Waals surface area contributed by atoms with Crippen molar-refractivity contribution in [2.45, 2.75) is 57.9 Å². The number of likely N-dealkylation sites (tertiary alicyclic amines) is 1. The van der Waals surface area contributed by atoms with Crippen LogP contribution in [0.2, 0.25) is 0 Å². The van der Waals surface area contributed by atoms with Gasteiger partial charge >= 0.3 is 0 Å². The lowest BCUT2D eigenvalue weighted by Crippen LogP contribution is -2.41.